The van der Waals surface area contributed by atoms with Crippen LogP contribution < -0.4 is 26.6 Å². The Balaban J connectivity index is 1.70. The molecule has 0 amide bonds. The fourth-order valence-corrected chi connectivity index (χ4v) is 2.41. The standard InChI is InChI=1S/C18H26N4O4/c1-13-6-4-5-7-15(13)26-12-14(23)11-19-8-9-20-16-10-17(24)22(3)18(25)21(16)2/h4-7,10,14,19-20,23H,8-9,11-12H2,1-3H3. The lowest BCUT2D eigenvalue weighted by Gasteiger charge is -2.15. The van der Waals surface area contributed by atoms with Crippen molar-refractivity contribution in [2.24, 2.45) is 14.1 Å². The first-order valence-corrected chi connectivity index (χ1v) is 8.48. The summed E-state index contributed by atoms with van der Waals surface area (Å²) in [5, 5.41) is 16.1. The quantitative estimate of drug-likeness (QED) is 0.536. The first-order valence-electron chi connectivity index (χ1n) is 8.48. The molecular weight excluding hydrogens is 336 g/mol. The number of ether oxygens (including phenoxy) is 1. The predicted molar refractivity (Wildman–Crippen MR) is 101 cm³/mol. The minimum atomic E-state index is -0.636. The van der Waals surface area contributed by atoms with Gasteiger partial charge in [-0.3, -0.25) is 13.9 Å². The molecule has 0 bridgehead atoms. The predicted octanol–water partition coefficient (Wildman–Crippen LogP) is -0.166. The van der Waals surface area contributed by atoms with Gasteiger partial charge in [0.15, 0.2) is 0 Å². The summed E-state index contributed by atoms with van der Waals surface area (Å²) in [4.78, 5) is 23.5. The maximum Gasteiger partial charge on any atom is 0.332 e. The van der Waals surface area contributed by atoms with E-state index in [0.29, 0.717) is 25.5 Å². The van der Waals surface area contributed by atoms with Gasteiger partial charge in [0, 0.05) is 39.8 Å². The van der Waals surface area contributed by atoms with E-state index < -0.39 is 6.10 Å². The summed E-state index contributed by atoms with van der Waals surface area (Å²) in [6.07, 6.45) is -0.636. The van der Waals surface area contributed by atoms with E-state index >= 15 is 0 Å². The number of rotatable bonds is 9. The maximum atomic E-state index is 11.8. The molecule has 2 rings (SSSR count). The highest BCUT2D eigenvalue weighted by atomic mass is 16.5. The number of aliphatic hydroxyl groups is 1. The lowest BCUT2D eigenvalue weighted by molar-refractivity contribution is 0.106. The van der Waals surface area contributed by atoms with Crippen LogP contribution in [0.15, 0.2) is 39.9 Å². The molecule has 142 valence electrons. The second-order valence-corrected chi connectivity index (χ2v) is 6.13. The molecule has 0 radical (unpaired) electrons. The van der Waals surface area contributed by atoms with Crippen molar-refractivity contribution in [1.82, 2.24) is 14.5 Å². The number of aryl methyl sites for hydroxylation is 1. The van der Waals surface area contributed by atoms with Gasteiger partial charge in [-0.15, -0.1) is 0 Å². The Bertz CT molecular complexity index is 844. The van der Waals surface area contributed by atoms with Gasteiger partial charge in [0.1, 0.15) is 24.3 Å². The Labute approximate surface area is 152 Å². The molecule has 0 saturated heterocycles. The topological polar surface area (TPSA) is 97.5 Å². The molecule has 1 unspecified atom stereocenters. The summed E-state index contributed by atoms with van der Waals surface area (Å²) in [7, 11) is 3.04. The fraction of sp³-hybridized carbons (Fsp3) is 0.444. The van der Waals surface area contributed by atoms with Gasteiger partial charge in [0.25, 0.3) is 5.56 Å². The van der Waals surface area contributed by atoms with Crippen molar-refractivity contribution in [2.75, 3.05) is 31.6 Å². The van der Waals surface area contributed by atoms with Gasteiger partial charge in [0.05, 0.1) is 0 Å². The second-order valence-electron chi connectivity index (χ2n) is 6.13. The number of aliphatic hydroxyl groups excluding tert-OH is 1. The molecule has 3 N–H and O–H groups in total. The minimum Gasteiger partial charge on any atom is -0.491 e. The van der Waals surface area contributed by atoms with Crippen LogP contribution in [0.2, 0.25) is 0 Å². The maximum absolute atomic E-state index is 11.8. The summed E-state index contributed by atoms with van der Waals surface area (Å²) >= 11 is 0. The largest absolute Gasteiger partial charge is 0.491 e. The third-order valence-electron chi connectivity index (χ3n) is 4.04. The van der Waals surface area contributed by atoms with E-state index in [1.165, 1.54) is 17.7 Å². The second kappa shape index (κ2) is 9.21. The Kier molecular flexibility index (Phi) is 6.99. The number of hydrogen-bond acceptors (Lipinski definition) is 6. The van der Waals surface area contributed by atoms with Crippen LogP contribution >= 0.6 is 0 Å². The number of para-hydroxylation sites is 1. The van der Waals surface area contributed by atoms with E-state index in [1.54, 1.807) is 7.05 Å². The molecule has 8 nitrogen and oxygen atoms in total. The van der Waals surface area contributed by atoms with Crippen molar-refractivity contribution in [2.45, 2.75) is 13.0 Å². The van der Waals surface area contributed by atoms with Crippen LogP contribution in [-0.4, -0.2) is 46.6 Å². The van der Waals surface area contributed by atoms with Gasteiger partial charge in [-0.2, -0.15) is 0 Å². The zero-order chi connectivity index (χ0) is 19.1. The summed E-state index contributed by atoms with van der Waals surface area (Å²) in [6, 6.07) is 9.03. The smallest absolute Gasteiger partial charge is 0.332 e. The van der Waals surface area contributed by atoms with Crippen LogP contribution in [0, 0.1) is 6.92 Å². The van der Waals surface area contributed by atoms with Crippen molar-refractivity contribution in [3.63, 3.8) is 0 Å². The van der Waals surface area contributed by atoms with E-state index in [9.17, 15) is 14.7 Å². The summed E-state index contributed by atoms with van der Waals surface area (Å²) in [5.41, 5.74) is 0.292. The van der Waals surface area contributed by atoms with Crippen molar-refractivity contribution in [3.05, 3.63) is 56.7 Å². The monoisotopic (exact) mass is 362 g/mol. The molecule has 0 spiro atoms. The Morgan fingerprint density at radius 1 is 1.15 bits per heavy atom. The molecular formula is C18H26N4O4. The molecule has 0 fully saturated rings. The minimum absolute atomic E-state index is 0.203. The zero-order valence-electron chi connectivity index (χ0n) is 15.4. The molecule has 0 aliphatic heterocycles. The van der Waals surface area contributed by atoms with Gasteiger partial charge in [-0.1, -0.05) is 18.2 Å². The molecule has 0 aliphatic rings. The van der Waals surface area contributed by atoms with Crippen molar-refractivity contribution >= 4 is 5.82 Å². The Morgan fingerprint density at radius 3 is 2.62 bits per heavy atom. The van der Waals surface area contributed by atoms with E-state index in [0.717, 1.165) is 15.9 Å². The molecule has 8 heteroatoms. The fourth-order valence-electron chi connectivity index (χ4n) is 2.41. The van der Waals surface area contributed by atoms with Gasteiger partial charge in [0.2, 0.25) is 0 Å². The van der Waals surface area contributed by atoms with E-state index in [2.05, 4.69) is 10.6 Å². The highest BCUT2D eigenvalue weighted by Crippen LogP contribution is 2.16. The van der Waals surface area contributed by atoms with Crippen molar-refractivity contribution < 1.29 is 9.84 Å². The lowest BCUT2D eigenvalue weighted by atomic mass is 10.2. The van der Waals surface area contributed by atoms with Crippen molar-refractivity contribution in [3.8, 4) is 5.75 Å². The highest BCUT2D eigenvalue weighted by molar-refractivity contribution is 5.33. The van der Waals surface area contributed by atoms with E-state index in [4.69, 9.17) is 4.74 Å². The molecule has 0 aliphatic carbocycles. The average Bonchev–Trinajstić information content (AvgIpc) is 2.63. The molecule has 0 saturated carbocycles. The number of nitrogens with zero attached hydrogens (tertiary/aromatic N) is 2. The van der Waals surface area contributed by atoms with Gasteiger partial charge in [-0.05, 0) is 18.6 Å². The SMILES string of the molecule is Cc1ccccc1OCC(O)CNCCNc1cc(=O)n(C)c(=O)n1C. The number of benzene rings is 1. The molecule has 1 aromatic heterocycles. The lowest BCUT2D eigenvalue weighted by Crippen LogP contribution is -2.38. The number of anilines is 1. The van der Waals surface area contributed by atoms with Crippen LogP contribution in [0.1, 0.15) is 5.56 Å². The van der Waals surface area contributed by atoms with Crippen LogP contribution in [0.25, 0.3) is 0 Å². The van der Waals surface area contributed by atoms with E-state index in [1.807, 2.05) is 31.2 Å². The molecule has 2 aromatic rings. The average molecular weight is 362 g/mol. The van der Waals surface area contributed by atoms with Gasteiger partial charge in [-0.25, -0.2) is 4.79 Å². The molecule has 1 heterocycles. The molecule has 1 atom stereocenters. The molecule has 1 aromatic carbocycles. The van der Waals surface area contributed by atoms with Crippen LogP contribution in [0.3, 0.4) is 0 Å². The van der Waals surface area contributed by atoms with Crippen LogP contribution in [0.5, 0.6) is 5.75 Å². The van der Waals surface area contributed by atoms with Gasteiger partial charge < -0.3 is 20.5 Å². The van der Waals surface area contributed by atoms with Crippen molar-refractivity contribution in [1.29, 1.82) is 0 Å². The van der Waals surface area contributed by atoms with Crippen LogP contribution in [-0.2, 0) is 14.1 Å². The summed E-state index contributed by atoms with van der Waals surface area (Å²) in [5.74, 6) is 1.23. The number of aromatic nitrogens is 2. The first-order chi connectivity index (χ1) is 12.4. The third kappa shape index (κ3) is 5.21. The normalized spacial score (nSPS) is 12.0. The summed E-state index contributed by atoms with van der Waals surface area (Å²) in [6.45, 7) is 3.60. The Morgan fingerprint density at radius 2 is 1.88 bits per heavy atom. The number of nitrogens with one attached hydrogen (secondary N) is 2. The first kappa shape index (κ1) is 19.7. The number of hydrogen-bond donors (Lipinski definition) is 3. The zero-order valence-corrected chi connectivity index (χ0v) is 15.4. The molecule has 26 heavy (non-hydrogen) atoms. The van der Waals surface area contributed by atoms with E-state index in [-0.39, 0.29) is 17.9 Å². The Hall–Kier alpha value is -2.58. The van der Waals surface area contributed by atoms with Crippen LogP contribution in [0.4, 0.5) is 5.82 Å². The summed E-state index contributed by atoms with van der Waals surface area (Å²) < 4.78 is 8.03. The highest BCUT2D eigenvalue weighted by Gasteiger charge is 2.07. The third-order valence-corrected chi connectivity index (χ3v) is 4.04. The van der Waals surface area contributed by atoms with Gasteiger partial charge >= 0.3 is 5.69 Å².